The molecule has 11 heavy (non-hydrogen) atoms. The first-order chi connectivity index (χ1) is 4.70. The molecule has 0 bridgehead atoms. The van der Waals surface area contributed by atoms with Crippen molar-refractivity contribution in [2.24, 2.45) is 5.73 Å². The second kappa shape index (κ2) is 4.95. The summed E-state index contributed by atoms with van der Waals surface area (Å²) in [5.74, 6) is 0. The zero-order valence-electron chi connectivity index (χ0n) is 6.25. The highest BCUT2D eigenvalue weighted by molar-refractivity contribution is 14.1. The average Bonchev–Trinajstić information content (AvgIpc) is 1.88. The van der Waals surface area contributed by atoms with Crippen molar-refractivity contribution < 1.29 is 0 Å². The van der Waals surface area contributed by atoms with E-state index in [0.717, 1.165) is 0 Å². The highest BCUT2D eigenvalue weighted by Gasteiger charge is 1.96. The summed E-state index contributed by atoms with van der Waals surface area (Å²) >= 11 is 2.28. The predicted octanol–water partition coefficient (Wildman–Crippen LogP) is 2.73. The molecule has 0 aliphatic rings. The molecule has 0 fully saturated rings. The monoisotopic (exact) mass is 283 g/mol. The fraction of sp³-hybridized carbons (Fsp3) is 0.250. The summed E-state index contributed by atoms with van der Waals surface area (Å²) in [6.45, 7) is 1.99. The van der Waals surface area contributed by atoms with E-state index in [-0.39, 0.29) is 18.4 Å². The van der Waals surface area contributed by atoms with Crippen LogP contribution in [-0.2, 0) is 0 Å². The van der Waals surface area contributed by atoms with Crippen LogP contribution < -0.4 is 5.73 Å². The SMILES string of the molecule is C[C@H](N)c1ccc(I)cc1.Cl. The lowest BCUT2D eigenvalue weighted by Crippen LogP contribution is -2.04. The molecular weight excluding hydrogens is 272 g/mol. The van der Waals surface area contributed by atoms with Gasteiger partial charge in [0, 0.05) is 9.61 Å². The summed E-state index contributed by atoms with van der Waals surface area (Å²) in [7, 11) is 0. The zero-order chi connectivity index (χ0) is 7.56. The van der Waals surface area contributed by atoms with Crippen LogP contribution >= 0.6 is 35.0 Å². The van der Waals surface area contributed by atoms with Gasteiger partial charge in [0.05, 0.1) is 0 Å². The van der Waals surface area contributed by atoms with Gasteiger partial charge in [0.15, 0.2) is 0 Å². The molecule has 1 nitrogen and oxygen atoms in total. The fourth-order valence-corrected chi connectivity index (χ4v) is 1.13. The van der Waals surface area contributed by atoms with Crippen molar-refractivity contribution in [3.05, 3.63) is 33.4 Å². The molecule has 0 unspecified atom stereocenters. The molecule has 1 aromatic carbocycles. The van der Waals surface area contributed by atoms with Gasteiger partial charge < -0.3 is 5.73 Å². The molecule has 0 aromatic heterocycles. The molecule has 0 aliphatic heterocycles. The number of rotatable bonds is 1. The Balaban J connectivity index is 0.000001000. The minimum Gasteiger partial charge on any atom is -0.324 e. The third kappa shape index (κ3) is 3.40. The van der Waals surface area contributed by atoms with Crippen LogP contribution in [0.5, 0.6) is 0 Å². The van der Waals surface area contributed by atoms with E-state index in [2.05, 4.69) is 46.9 Å². The number of halogens is 2. The molecule has 0 amide bonds. The van der Waals surface area contributed by atoms with Crippen molar-refractivity contribution >= 4 is 35.0 Å². The van der Waals surface area contributed by atoms with E-state index in [0.29, 0.717) is 0 Å². The highest BCUT2D eigenvalue weighted by Crippen LogP contribution is 2.11. The van der Waals surface area contributed by atoms with Gasteiger partial charge in [0.25, 0.3) is 0 Å². The number of nitrogens with two attached hydrogens (primary N) is 1. The van der Waals surface area contributed by atoms with E-state index in [1.54, 1.807) is 0 Å². The summed E-state index contributed by atoms with van der Waals surface area (Å²) in [6, 6.07) is 8.41. The van der Waals surface area contributed by atoms with Gasteiger partial charge in [0.1, 0.15) is 0 Å². The summed E-state index contributed by atoms with van der Waals surface area (Å²) in [5, 5.41) is 0. The van der Waals surface area contributed by atoms with Crippen LogP contribution in [0.15, 0.2) is 24.3 Å². The molecule has 1 aromatic rings. The Kier molecular flexibility index (Phi) is 5.04. The van der Waals surface area contributed by atoms with Crippen molar-refractivity contribution in [3.8, 4) is 0 Å². The van der Waals surface area contributed by atoms with Crippen molar-refractivity contribution in [3.63, 3.8) is 0 Å². The molecule has 1 atom stereocenters. The molecule has 1 rings (SSSR count). The van der Waals surface area contributed by atoms with Gasteiger partial charge >= 0.3 is 0 Å². The Hall–Kier alpha value is 0.200. The maximum absolute atomic E-state index is 5.66. The summed E-state index contributed by atoms with van der Waals surface area (Å²) in [6.07, 6.45) is 0. The first-order valence-electron chi connectivity index (χ1n) is 3.21. The van der Waals surface area contributed by atoms with E-state index >= 15 is 0 Å². The predicted molar refractivity (Wildman–Crippen MR) is 59.0 cm³/mol. The van der Waals surface area contributed by atoms with Crippen LogP contribution in [-0.4, -0.2) is 0 Å². The van der Waals surface area contributed by atoms with E-state index < -0.39 is 0 Å². The number of hydrogen-bond acceptors (Lipinski definition) is 1. The van der Waals surface area contributed by atoms with Crippen LogP contribution in [0.3, 0.4) is 0 Å². The quantitative estimate of drug-likeness (QED) is 0.788. The second-order valence-corrected chi connectivity index (χ2v) is 3.59. The Morgan fingerprint density at radius 1 is 1.27 bits per heavy atom. The molecular formula is C8H11ClIN. The Bertz CT molecular complexity index is 208. The maximum atomic E-state index is 5.66. The van der Waals surface area contributed by atoms with E-state index in [4.69, 9.17) is 5.73 Å². The minimum absolute atomic E-state index is 0. The van der Waals surface area contributed by atoms with Crippen molar-refractivity contribution in [1.29, 1.82) is 0 Å². The largest absolute Gasteiger partial charge is 0.324 e. The maximum Gasteiger partial charge on any atom is 0.0266 e. The Morgan fingerprint density at radius 2 is 1.73 bits per heavy atom. The standard InChI is InChI=1S/C8H10IN.ClH/c1-6(10)7-2-4-8(9)5-3-7;/h2-6H,10H2,1H3;1H/t6-;/m0./s1. The summed E-state index contributed by atoms with van der Waals surface area (Å²) in [4.78, 5) is 0. The van der Waals surface area contributed by atoms with Gasteiger partial charge in [-0.05, 0) is 47.2 Å². The fourth-order valence-electron chi connectivity index (χ4n) is 0.766. The summed E-state index contributed by atoms with van der Waals surface area (Å²) in [5.41, 5.74) is 6.86. The lowest BCUT2D eigenvalue weighted by atomic mass is 10.1. The molecule has 0 aliphatic carbocycles. The van der Waals surface area contributed by atoms with Crippen molar-refractivity contribution in [2.75, 3.05) is 0 Å². The number of benzene rings is 1. The normalized spacial score (nSPS) is 11.9. The zero-order valence-corrected chi connectivity index (χ0v) is 9.22. The minimum atomic E-state index is 0. The van der Waals surface area contributed by atoms with Crippen LogP contribution in [0.1, 0.15) is 18.5 Å². The van der Waals surface area contributed by atoms with Crippen molar-refractivity contribution in [1.82, 2.24) is 0 Å². The molecule has 3 heteroatoms. The van der Waals surface area contributed by atoms with E-state index in [1.807, 2.05) is 6.92 Å². The first-order valence-corrected chi connectivity index (χ1v) is 4.29. The lowest BCUT2D eigenvalue weighted by molar-refractivity contribution is 0.818. The van der Waals surface area contributed by atoms with Gasteiger partial charge in [-0.1, -0.05) is 12.1 Å². The molecule has 0 saturated heterocycles. The smallest absolute Gasteiger partial charge is 0.0266 e. The Morgan fingerprint density at radius 3 is 2.09 bits per heavy atom. The van der Waals surface area contributed by atoms with Crippen molar-refractivity contribution in [2.45, 2.75) is 13.0 Å². The number of hydrogen-bond donors (Lipinski definition) is 1. The topological polar surface area (TPSA) is 26.0 Å². The molecule has 0 radical (unpaired) electrons. The van der Waals surface area contributed by atoms with Crippen LogP contribution in [0, 0.1) is 3.57 Å². The molecule has 62 valence electrons. The van der Waals surface area contributed by atoms with E-state index in [9.17, 15) is 0 Å². The third-order valence-electron chi connectivity index (χ3n) is 1.40. The Labute approximate surface area is 86.9 Å². The second-order valence-electron chi connectivity index (χ2n) is 2.34. The van der Waals surface area contributed by atoms with Gasteiger partial charge in [-0.25, -0.2) is 0 Å². The molecule has 0 saturated carbocycles. The lowest BCUT2D eigenvalue weighted by Gasteiger charge is -2.03. The van der Waals surface area contributed by atoms with Gasteiger partial charge in [0.2, 0.25) is 0 Å². The molecule has 0 heterocycles. The van der Waals surface area contributed by atoms with E-state index in [1.165, 1.54) is 9.13 Å². The van der Waals surface area contributed by atoms with Gasteiger partial charge in [-0.3, -0.25) is 0 Å². The first kappa shape index (κ1) is 11.2. The van der Waals surface area contributed by atoms with Gasteiger partial charge in [-0.2, -0.15) is 0 Å². The van der Waals surface area contributed by atoms with Crippen LogP contribution in [0.2, 0.25) is 0 Å². The van der Waals surface area contributed by atoms with Gasteiger partial charge in [-0.15, -0.1) is 12.4 Å². The third-order valence-corrected chi connectivity index (χ3v) is 2.11. The highest BCUT2D eigenvalue weighted by atomic mass is 127. The summed E-state index contributed by atoms with van der Waals surface area (Å²) < 4.78 is 1.25. The van der Waals surface area contributed by atoms with Crippen LogP contribution in [0.25, 0.3) is 0 Å². The van der Waals surface area contributed by atoms with Crippen LogP contribution in [0.4, 0.5) is 0 Å². The average molecular weight is 284 g/mol. The molecule has 0 spiro atoms. The molecule has 2 N–H and O–H groups in total.